The highest BCUT2D eigenvalue weighted by molar-refractivity contribution is 7.89. The van der Waals surface area contributed by atoms with E-state index in [1.165, 1.54) is 4.31 Å². The van der Waals surface area contributed by atoms with Crippen molar-refractivity contribution in [1.29, 1.82) is 0 Å². The lowest BCUT2D eigenvalue weighted by Gasteiger charge is -2.24. The second-order valence-corrected chi connectivity index (χ2v) is 7.00. The number of aromatic nitrogens is 2. The van der Waals surface area contributed by atoms with Crippen LogP contribution in [0, 0.1) is 6.92 Å². The third-order valence-electron chi connectivity index (χ3n) is 3.47. The highest BCUT2D eigenvalue weighted by atomic mass is 32.2. The standard InChI is InChI=1S/C13H26N4O2S/c1-6-8-10(3)17(5)20(18,19)13-11(4)15-16-12(13)9-14-7-2/h10,14H,6-9H2,1-5H3,(H,15,16). The smallest absolute Gasteiger partial charge is 0.246 e. The fourth-order valence-electron chi connectivity index (χ4n) is 2.16. The van der Waals surface area contributed by atoms with Gasteiger partial charge in [0.05, 0.1) is 11.4 Å². The number of aryl methyl sites for hydroxylation is 1. The molecule has 1 unspecified atom stereocenters. The van der Waals surface area contributed by atoms with Gasteiger partial charge in [0.25, 0.3) is 0 Å². The molecule has 0 saturated heterocycles. The van der Waals surface area contributed by atoms with E-state index in [1.54, 1.807) is 14.0 Å². The van der Waals surface area contributed by atoms with Crippen LogP contribution in [0.5, 0.6) is 0 Å². The third kappa shape index (κ3) is 3.59. The first-order valence-electron chi connectivity index (χ1n) is 7.08. The Balaban J connectivity index is 3.11. The lowest BCUT2D eigenvalue weighted by atomic mass is 10.2. The number of sulfonamides is 1. The van der Waals surface area contributed by atoms with Gasteiger partial charge in [-0.2, -0.15) is 9.40 Å². The van der Waals surface area contributed by atoms with Crippen LogP contribution in [0.15, 0.2) is 4.90 Å². The van der Waals surface area contributed by atoms with E-state index in [4.69, 9.17) is 0 Å². The van der Waals surface area contributed by atoms with Gasteiger partial charge in [-0.3, -0.25) is 5.10 Å². The van der Waals surface area contributed by atoms with Crippen molar-refractivity contribution in [3.05, 3.63) is 11.4 Å². The summed E-state index contributed by atoms with van der Waals surface area (Å²) in [6.45, 7) is 8.92. The van der Waals surface area contributed by atoms with Gasteiger partial charge in [-0.1, -0.05) is 20.3 Å². The maximum absolute atomic E-state index is 12.8. The average Bonchev–Trinajstić information content (AvgIpc) is 2.77. The number of hydrogen-bond donors (Lipinski definition) is 2. The second kappa shape index (κ2) is 7.19. The molecule has 0 fully saturated rings. The largest absolute Gasteiger partial charge is 0.311 e. The minimum atomic E-state index is -3.51. The van der Waals surface area contributed by atoms with Crippen LogP contribution in [-0.2, 0) is 16.6 Å². The molecule has 7 heteroatoms. The Kier molecular flexibility index (Phi) is 6.16. The quantitative estimate of drug-likeness (QED) is 0.765. The molecular formula is C13H26N4O2S. The van der Waals surface area contributed by atoms with E-state index in [0.717, 1.165) is 19.4 Å². The van der Waals surface area contributed by atoms with E-state index in [9.17, 15) is 8.42 Å². The molecule has 0 spiro atoms. The Hall–Kier alpha value is -0.920. The van der Waals surface area contributed by atoms with E-state index in [1.807, 2.05) is 13.8 Å². The Morgan fingerprint density at radius 1 is 1.40 bits per heavy atom. The van der Waals surface area contributed by atoms with Crippen molar-refractivity contribution in [2.45, 2.75) is 58.0 Å². The molecule has 2 N–H and O–H groups in total. The van der Waals surface area contributed by atoms with Gasteiger partial charge in [0.2, 0.25) is 10.0 Å². The number of hydrogen-bond acceptors (Lipinski definition) is 4. The van der Waals surface area contributed by atoms with Crippen LogP contribution >= 0.6 is 0 Å². The fraction of sp³-hybridized carbons (Fsp3) is 0.769. The van der Waals surface area contributed by atoms with E-state index in [0.29, 0.717) is 22.8 Å². The van der Waals surface area contributed by atoms with E-state index < -0.39 is 10.0 Å². The van der Waals surface area contributed by atoms with Gasteiger partial charge in [0, 0.05) is 19.6 Å². The zero-order valence-corrected chi connectivity index (χ0v) is 13.8. The lowest BCUT2D eigenvalue weighted by molar-refractivity contribution is 0.368. The molecule has 0 aliphatic carbocycles. The monoisotopic (exact) mass is 302 g/mol. The van der Waals surface area contributed by atoms with Crippen molar-refractivity contribution >= 4 is 10.0 Å². The second-order valence-electron chi connectivity index (χ2n) is 5.06. The van der Waals surface area contributed by atoms with E-state index in [-0.39, 0.29) is 6.04 Å². The summed E-state index contributed by atoms with van der Waals surface area (Å²) in [5.41, 5.74) is 1.15. The molecule has 0 radical (unpaired) electrons. The molecule has 1 atom stereocenters. The molecule has 1 heterocycles. The van der Waals surface area contributed by atoms with Gasteiger partial charge in [-0.05, 0) is 26.8 Å². The molecule has 116 valence electrons. The van der Waals surface area contributed by atoms with Crippen LogP contribution in [-0.4, -0.2) is 42.6 Å². The maximum Gasteiger partial charge on any atom is 0.246 e. The molecule has 0 aliphatic rings. The fourth-order valence-corrected chi connectivity index (χ4v) is 3.87. The topological polar surface area (TPSA) is 78.1 Å². The van der Waals surface area contributed by atoms with Crippen molar-refractivity contribution in [1.82, 2.24) is 19.8 Å². The van der Waals surface area contributed by atoms with Crippen molar-refractivity contribution < 1.29 is 8.42 Å². The van der Waals surface area contributed by atoms with Gasteiger partial charge < -0.3 is 5.32 Å². The SMILES string of the molecule is CCCC(C)N(C)S(=O)(=O)c1c(CNCC)n[nH]c1C. The first-order valence-corrected chi connectivity index (χ1v) is 8.52. The Bertz CT molecular complexity index is 524. The van der Waals surface area contributed by atoms with Crippen LogP contribution in [0.3, 0.4) is 0 Å². The molecule has 0 aliphatic heterocycles. The number of nitrogens with zero attached hydrogens (tertiary/aromatic N) is 2. The first kappa shape index (κ1) is 17.1. The minimum absolute atomic E-state index is 0.0220. The van der Waals surface area contributed by atoms with Crippen molar-refractivity contribution in [3.8, 4) is 0 Å². The number of nitrogens with one attached hydrogen (secondary N) is 2. The highest BCUT2D eigenvalue weighted by Crippen LogP contribution is 2.23. The number of aromatic amines is 1. The minimum Gasteiger partial charge on any atom is -0.311 e. The molecule has 1 rings (SSSR count). The normalized spacial score (nSPS) is 13.9. The summed E-state index contributed by atoms with van der Waals surface area (Å²) in [6.07, 6.45) is 1.80. The number of H-pyrrole nitrogens is 1. The van der Waals surface area contributed by atoms with Crippen molar-refractivity contribution in [2.75, 3.05) is 13.6 Å². The summed E-state index contributed by atoms with van der Waals surface area (Å²) < 4.78 is 27.0. The molecule has 0 amide bonds. The van der Waals surface area contributed by atoms with Gasteiger partial charge in [0.1, 0.15) is 4.90 Å². The summed E-state index contributed by atoms with van der Waals surface area (Å²) >= 11 is 0. The molecule has 0 bridgehead atoms. The van der Waals surface area contributed by atoms with Crippen LogP contribution < -0.4 is 5.32 Å². The van der Waals surface area contributed by atoms with Gasteiger partial charge in [0.15, 0.2) is 0 Å². The molecule has 0 saturated carbocycles. The van der Waals surface area contributed by atoms with Crippen LogP contribution in [0.1, 0.15) is 45.0 Å². The summed E-state index contributed by atoms with van der Waals surface area (Å²) in [6, 6.07) is -0.0220. The van der Waals surface area contributed by atoms with Gasteiger partial charge in [-0.25, -0.2) is 8.42 Å². The zero-order chi connectivity index (χ0) is 15.3. The lowest BCUT2D eigenvalue weighted by Crippen LogP contribution is -2.35. The first-order chi connectivity index (χ1) is 9.36. The molecule has 20 heavy (non-hydrogen) atoms. The Morgan fingerprint density at radius 2 is 2.05 bits per heavy atom. The number of rotatable bonds is 8. The van der Waals surface area contributed by atoms with Crippen molar-refractivity contribution in [3.63, 3.8) is 0 Å². The Labute approximate surface area is 122 Å². The maximum atomic E-state index is 12.8. The summed E-state index contributed by atoms with van der Waals surface area (Å²) in [7, 11) is -1.87. The zero-order valence-electron chi connectivity index (χ0n) is 13.0. The van der Waals surface area contributed by atoms with E-state index in [2.05, 4.69) is 22.4 Å². The van der Waals surface area contributed by atoms with Gasteiger partial charge in [-0.15, -0.1) is 0 Å². The Morgan fingerprint density at radius 3 is 2.60 bits per heavy atom. The summed E-state index contributed by atoms with van der Waals surface area (Å²) in [5, 5.41) is 10.0. The van der Waals surface area contributed by atoms with Crippen LogP contribution in [0.2, 0.25) is 0 Å². The van der Waals surface area contributed by atoms with Crippen LogP contribution in [0.4, 0.5) is 0 Å². The highest BCUT2D eigenvalue weighted by Gasteiger charge is 2.30. The summed E-state index contributed by atoms with van der Waals surface area (Å²) in [4.78, 5) is 0.309. The molecule has 0 aromatic carbocycles. The molecule has 1 aromatic rings. The molecule has 1 aromatic heterocycles. The van der Waals surface area contributed by atoms with Gasteiger partial charge >= 0.3 is 0 Å². The summed E-state index contributed by atoms with van der Waals surface area (Å²) in [5.74, 6) is 0. The third-order valence-corrected chi connectivity index (χ3v) is 5.64. The predicted molar refractivity (Wildman–Crippen MR) is 80.0 cm³/mol. The predicted octanol–water partition coefficient (Wildman–Crippen LogP) is 1.64. The van der Waals surface area contributed by atoms with Crippen molar-refractivity contribution in [2.24, 2.45) is 0 Å². The van der Waals surface area contributed by atoms with E-state index >= 15 is 0 Å². The van der Waals surface area contributed by atoms with Crippen LogP contribution in [0.25, 0.3) is 0 Å². The average molecular weight is 302 g/mol. The molecular weight excluding hydrogens is 276 g/mol. The molecule has 6 nitrogen and oxygen atoms in total.